The number of aryl methyl sites for hydroxylation is 1. The molecule has 2 aliphatic heterocycles. The Labute approximate surface area is 235 Å². The number of carbonyl (C=O) groups is 2. The van der Waals surface area contributed by atoms with Crippen LogP contribution in [0.3, 0.4) is 0 Å². The SMILES string of the molecule is CCc1ccc(N(C)C2C=CC3=C(N2)SC(NC(=O)C2CC2)N3)cc1NC(=O)Nc1ccc(C(C)(C)C)cc1. The first kappa shape index (κ1) is 27.0. The average molecular weight is 547 g/mol. The molecular weight excluding hydrogens is 508 g/mol. The molecule has 2 heterocycles. The molecule has 3 aliphatic rings. The molecule has 2 unspecified atom stereocenters. The maximum atomic E-state index is 12.9. The number of nitrogens with zero attached hydrogens (tertiary/aromatic N) is 1. The van der Waals surface area contributed by atoms with Gasteiger partial charge in [0.05, 0.1) is 10.7 Å². The summed E-state index contributed by atoms with van der Waals surface area (Å²) in [6.07, 6.45) is 6.84. The van der Waals surface area contributed by atoms with Crippen molar-refractivity contribution in [3.8, 4) is 0 Å². The Kier molecular flexibility index (Phi) is 7.53. The summed E-state index contributed by atoms with van der Waals surface area (Å²) in [7, 11) is 2.02. The summed E-state index contributed by atoms with van der Waals surface area (Å²) in [5.74, 6) is 0.303. The van der Waals surface area contributed by atoms with E-state index >= 15 is 0 Å². The van der Waals surface area contributed by atoms with Gasteiger partial charge in [-0.15, -0.1) is 0 Å². The number of carbonyl (C=O) groups excluding carboxylic acids is 2. The quantitative estimate of drug-likeness (QED) is 0.318. The lowest BCUT2D eigenvalue weighted by Crippen LogP contribution is -2.43. The molecule has 0 bridgehead atoms. The van der Waals surface area contributed by atoms with E-state index in [4.69, 9.17) is 0 Å². The molecule has 5 N–H and O–H groups in total. The van der Waals surface area contributed by atoms with Crippen molar-refractivity contribution < 1.29 is 9.59 Å². The molecule has 0 aromatic heterocycles. The van der Waals surface area contributed by atoms with E-state index in [9.17, 15) is 9.59 Å². The van der Waals surface area contributed by atoms with Crippen LogP contribution in [0.2, 0.25) is 0 Å². The first-order valence-electron chi connectivity index (χ1n) is 13.6. The fourth-order valence-corrected chi connectivity index (χ4v) is 5.65. The number of hydrogen-bond acceptors (Lipinski definition) is 6. The fourth-order valence-electron chi connectivity index (χ4n) is 4.61. The molecule has 3 amide bonds. The van der Waals surface area contributed by atoms with Gasteiger partial charge in [0.15, 0.2) is 5.50 Å². The zero-order valence-corrected chi connectivity index (χ0v) is 24.0. The van der Waals surface area contributed by atoms with E-state index in [1.807, 2.05) is 25.2 Å². The summed E-state index contributed by atoms with van der Waals surface area (Å²) in [5, 5.41) is 17.0. The summed E-state index contributed by atoms with van der Waals surface area (Å²) in [4.78, 5) is 27.2. The van der Waals surface area contributed by atoms with Gasteiger partial charge in [-0.1, -0.05) is 57.7 Å². The minimum Gasteiger partial charge on any atom is -0.355 e. The van der Waals surface area contributed by atoms with Gasteiger partial charge in [0, 0.05) is 30.0 Å². The highest BCUT2D eigenvalue weighted by Gasteiger charge is 2.34. The first-order chi connectivity index (χ1) is 18.6. The lowest BCUT2D eigenvalue weighted by atomic mass is 9.87. The van der Waals surface area contributed by atoms with Crippen molar-refractivity contribution in [1.29, 1.82) is 0 Å². The van der Waals surface area contributed by atoms with E-state index in [1.54, 1.807) is 11.8 Å². The summed E-state index contributed by atoms with van der Waals surface area (Å²) in [6, 6.07) is 13.9. The summed E-state index contributed by atoms with van der Waals surface area (Å²) < 4.78 is 0. The first-order valence-corrected chi connectivity index (χ1v) is 14.5. The van der Waals surface area contributed by atoms with Gasteiger partial charge in [0.1, 0.15) is 6.17 Å². The number of rotatable bonds is 7. The number of thioether (sulfide) groups is 1. The third-order valence-electron chi connectivity index (χ3n) is 7.27. The maximum Gasteiger partial charge on any atom is 0.323 e. The van der Waals surface area contributed by atoms with E-state index in [0.717, 1.165) is 52.6 Å². The molecular formula is C30H38N6O2S. The van der Waals surface area contributed by atoms with E-state index in [1.165, 1.54) is 5.56 Å². The van der Waals surface area contributed by atoms with Gasteiger partial charge in [0.2, 0.25) is 5.91 Å². The summed E-state index contributed by atoms with van der Waals surface area (Å²) in [5.41, 5.74) is 5.67. The van der Waals surface area contributed by atoms with Gasteiger partial charge in [-0.2, -0.15) is 0 Å². The highest BCUT2D eigenvalue weighted by Crippen LogP contribution is 2.34. The Bertz CT molecular complexity index is 1310. The standard InChI is InChI=1S/C30H38N6O2S/c1-6-18-9-14-22(17-24(18)32-28(38)31-21-12-10-20(11-13-21)30(2,3)4)36(5)25-16-15-23-27(34-25)39-29(33-23)35-26(37)19-7-8-19/h9-17,19,25,29,33-34H,6-8H2,1-5H3,(H,35,37)(H2,31,32,38). The normalized spacial score (nSPS) is 20.0. The zero-order valence-electron chi connectivity index (χ0n) is 23.2. The number of benzene rings is 2. The lowest BCUT2D eigenvalue weighted by Gasteiger charge is -2.32. The van der Waals surface area contributed by atoms with Crippen LogP contribution >= 0.6 is 11.8 Å². The number of likely N-dealkylation sites (N-methyl/N-ethyl adjacent to an activating group) is 1. The third kappa shape index (κ3) is 6.36. The highest BCUT2D eigenvalue weighted by atomic mass is 32.2. The van der Waals surface area contributed by atoms with Crippen molar-refractivity contribution in [3.05, 3.63) is 76.5 Å². The van der Waals surface area contributed by atoms with Gasteiger partial charge in [-0.25, -0.2) is 4.79 Å². The number of hydrogen-bond donors (Lipinski definition) is 5. The van der Waals surface area contributed by atoms with Crippen LogP contribution in [0.4, 0.5) is 21.9 Å². The molecule has 1 saturated carbocycles. The van der Waals surface area contributed by atoms with Crippen LogP contribution in [0.1, 0.15) is 51.7 Å². The number of nitrogens with one attached hydrogen (secondary N) is 5. The van der Waals surface area contributed by atoms with Gasteiger partial charge < -0.3 is 31.5 Å². The Balaban J connectivity index is 1.21. The molecule has 2 aromatic carbocycles. The molecule has 39 heavy (non-hydrogen) atoms. The molecule has 9 heteroatoms. The van der Waals surface area contributed by atoms with Crippen LogP contribution in [-0.2, 0) is 16.6 Å². The van der Waals surface area contributed by atoms with Crippen LogP contribution in [0.15, 0.2) is 65.3 Å². The third-order valence-corrected chi connectivity index (χ3v) is 8.31. The van der Waals surface area contributed by atoms with Crippen LogP contribution in [0, 0.1) is 5.92 Å². The largest absolute Gasteiger partial charge is 0.355 e. The Morgan fingerprint density at radius 3 is 2.46 bits per heavy atom. The van der Waals surface area contributed by atoms with Crippen LogP contribution in [0.25, 0.3) is 0 Å². The minimum atomic E-state index is -0.272. The van der Waals surface area contributed by atoms with Gasteiger partial charge in [-0.3, -0.25) is 4.79 Å². The molecule has 1 aliphatic carbocycles. The van der Waals surface area contributed by atoms with E-state index in [0.29, 0.717) is 0 Å². The highest BCUT2D eigenvalue weighted by molar-refractivity contribution is 8.03. The molecule has 0 radical (unpaired) electrons. The zero-order chi connectivity index (χ0) is 27.7. The van der Waals surface area contributed by atoms with Crippen LogP contribution in [0.5, 0.6) is 0 Å². The molecule has 8 nitrogen and oxygen atoms in total. The molecule has 2 aromatic rings. The van der Waals surface area contributed by atoms with Crippen molar-refractivity contribution in [1.82, 2.24) is 16.0 Å². The molecule has 5 rings (SSSR count). The number of dihydropyridines is 1. The maximum absolute atomic E-state index is 12.9. The molecule has 1 fully saturated rings. The van der Waals surface area contributed by atoms with Crippen molar-refractivity contribution in [2.24, 2.45) is 5.92 Å². The predicted molar refractivity (Wildman–Crippen MR) is 160 cm³/mol. The lowest BCUT2D eigenvalue weighted by molar-refractivity contribution is -0.122. The van der Waals surface area contributed by atoms with Crippen molar-refractivity contribution in [2.45, 2.75) is 64.0 Å². The number of amides is 3. The topological polar surface area (TPSA) is 97.5 Å². The predicted octanol–water partition coefficient (Wildman–Crippen LogP) is 5.43. The van der Waals surface area contributed by atoms with Crippen molar-refractivity contribution in [3.63, 3.8) is 0 Å². The monoisotopic (exact) mass is 546 g/mol. The van der Waals surface area contributed by atoms with Crippen molar-refractivity contribution in [2.75, 3.05) is 22.6 Å². The number of urea groups is 1. The smallest absolute Gasteiger partial charge is 0.323 e. The van der Waals surface area contributed by atoms with E-state index < -0.39 is 0 Å². The van der Waals surface area contributed by atoms with Crippen LogP contribution in [-0.4, -0.2) is 30.6 Å². The van der Waals surface area contributed by atoms with Gasteiger partial charge >= 0.3 is 6.03 Å². The average Bonchev–Trinajstić information content (AvgIpc) is 3.68. The molecule has 0 spiro atoms. The summed E-state index contributed by atoms with van der Waals surface area (Å²) in [6.45, 7) is 8.59. The van der Waals surface area contributed by atoms with Gasteiger partial charge in [0.25, 0.3) is 0 Å². The second-order valence-electron chi connectivity index (χ2n) is 11.3. The van der Waals surface area contributed by atoms with E-state index in [2.05, 4.69) is 95.6 Å². The van der Waals surface area contributed by atoms with E-state index in [-0.39, 0.29) is 34.9 Å². The van der Waals surface area contributed by atoms with Crippen molar-refractivity contribution >= 4 is 40.8 Å². The number of allylic oxidation sites excluding steroid dienone is 1. The second-order valence-corrected chi connectivity index (χ2v) is 12.4. The Hall–Kier alpha value is -3.59. The van der Waals surface area contributed by atoms with Crippen LogP contribution < -0.4 is 31.5 Å². The molecule has 206 valence electrons. The molecule has 0 saturated heterocycles. The van der Waals surface area contributed by atoms with Gasteiger partial charge in [-0.05, 0) is 72.2 Å². The second kappa shape index (κ2) is 10.9. The fraction of sp³-hybridized carbons (Fsp3) is 0.400. The number of anilines is 3. The Morgan fingerprint density at radius 1 is 1.05 bits per heavy atom. The minimum absolute atomic E-state index is 0.0599. The Morgan fingerprint density at radius 2 is 1.79 bits per heavy atom. The molecule has 2 atom stereocenters. The summed E-state index contributed by atoms with van der Waals surface area (Å²) >= 11 is 1.59.